The first-order valence-electron chi connectivity index (χ1n) is 3.54. The average Bonchev–Trinajstić information content (AvgIpc) is 2.15. The highest BCUT2D eigenvalue weighted by molar-refractivity contribution is 5.80. The average molecular weight is 127 g/mol. The van der Waals surface area contributed by atoms with Gasteiger partial charge in [-0.2, -0.15) is 0 Å². The molecule has 0 aliphatic carbocycles. The first-order valence-corrected chi connectivity index (χ1v) is 3.54. The summed E-state index contributed by atoms with van der Waals surface area (Å²) >= 11 is 0. The van der Waals surface area contributed by atoms with E-state index in [2.05, 4.69) is 0 Å². The van der Waals surface area contributed by atoms with Gasteiger partial charge in [0.1, 0.15) is 0 Å². The second-order valence-corrected chi connectivity index (χ2v) is 2.61. The van der Waals surface area contributed by atoms with Gasteiger partial charge >= 0.3 is 0 Å². The summed E-state index contributed by atoms with van der Waals surface area (Å²) in [4.78, 5) is 13.0. The molecule has 0 spiro atoms. The molecule has 0 bridgehead atoms. The number of carbonyl (C=O) groups excluding carboxylic acids is 1. The van der Waals surface area contributed by atoms with Crippen molar-refractivity contribution in [3.05, 3.63) is 0 Å². The van der Waals surface area contributed by atoms with E-state index in [0.717, 1.165) is 19.5 Å². The summed E-state index contributed by atoms with van der Waals surface area (Å²) in [6.45, 7) is 5.87. The third kappa shape index (κ3) is 1.07. The summed E-state index contributed by atoms with van der Waals surface area (Å²) in [5, 5.41) is 0. The van der Waals surface area contributed by atoms with Crippen LogP contribution in [0, 0.1) is 5.92 Å². The van der Waals surface area contributed by atoms with Gasteiger partial charge in [-0.05, 0) is 13.3 Å². The van der Waals surface area contributed by atoms with E-state index in [4.69, 9.17) is 0 Å². The predicted molar refractivity (Wildman–Crippen MR) is 36.0 cm³/mol. The van der Waals surface area contributed by atoms with Crippen LogP contribution in [-0.4, -0.2) is 23.9 Å². The molecule has 1 amide bonds. The van der Waals surface area contributed by atoms with Gasteiger partial charge < -0.3 is 4.90 Å². The second kappa shape index (κ2) is 2.38. The molecule has 1 saturated heterocycles. The third-order valence-corrected chi connectivity index (χ3v) is 1.95. The molecular weight excluding hydrogens is 114 g/mol. The van der Waals surface area contributed by atoms with Crippen molar-refractivity contribution in [2.45, 2.75) is 20.3 Å². The maximum absolute atomic E-state index is 11.1. The number of hydrogen-bond acceptors (Lipinski definition) is 1. The van der Waals surface area contributed by atoms with Crippen LogP contribution in [0.25, 0.3) is 0 Å². The lowest BCUT2D eigenvalue weighted by atomic mass is 10.1. The minimum absolute atomic E-state index is 0.282. The smallest absolute Gasteiger partial charge is 0.225 e. The molecule has 1 atom stereocenters. The van der Waals surface area contributed by atoms with Gasteiger partial charge in [-0.15, -0.1) is 0 Å². The predicted octanol–water partition coefficient (Wildman–Crippen LogP) is 0.875. The van der Waals surface area contributed by atoms with Crippen molar-refractivity contribution in [1.29, 1.82) is 0 Å². The van der Waals surface area contributed by atoms with E-state index in [1.807, 2.05) is 18.7 Å². The van der Waals surface area contributed by atoms with Crippen LogP contribution in [0.4, 0.5) is 0 Å². The highest BCUT2D eigenvalue weighted by atomic mass is 16.2. The quantitative estimate of drug-likeness (QED) is 0.512. The molecule has 2 heteroatoms. The molecule has 1 aliphatic heterocycles. The van der Waals surface area contributed by atoms with Crippen molar-refractivity contribution in [3.8, 4) is 0 Å². The SMILES string of the molecule is CCN1CC[C@H](C)C1=O. The summed E-state index contributed by atoms with van der Waals surface area (Å²) < 4.78 is 0. The Labute approximate surface area is 55.8 Å². The van der Waals surface area contributed by atoms with E-state index in [9.17, 15) is 4.79 Å². The van der Waals surface area contributed by atoms with Gasteiger partial charge in [0.05, 0.1) is 0 Å². The molecule has 1 aliphatic rings. The summed E-state index contributed by atoms with van der Waals surface area (Å²) in [5.74, 6) is 0.613. The summed E-state index contributed by atoms with van der Waals surface area (Å²) in [7, 11) is 0. The van der Waals surface area contributed by atoms with Crippen molar-refractivity contribution in [2.75, 3.05) is 13.1 Å². The Balaban J connectivity index is 2.51. The molecule has 0 N–H and O–H groups in total. The number of nitrogens with zero attached hydrogens (tertiary/aromatic N) is 1. The van der Waals surface area contributed by atoms with Crippen LogP contribution < -0.4 is 0 Å². The maximum atomic E-state index is 11.1. The Morgan fingerprint density at radius 1 is 1.78 bits per heavy atom. The molecule has 52 valence electrons. The fourth-order valence-electron chi connectivity index (χ4n) is 1.21. The van der Waals surface area contributed by atoms with Crippen molar-refractivity contribution in [2.24, 2.45) is 5.92 Å². The van der Waals surface area contributed by atoms with Crippen molar-refractivity contribution in [1.82, 2.24) is 4.90 Å². The molecule has 0 aromatic rings. The molecule has 9 heavy (non-hydrogen) atoms. The Morgan fingerprint density at radius 3 is 2.67 bits per heavy atom. The fourth-order valence-corrected chi connectivity index (χ4v) is 1.21. The maximum Gasteiger partial charge on any atom is 0.225 e. The van der Waals surface area contributed by atoms with Crippen LogP contribution in [0.1, 0.15) is 20.3 Å². The first kappa shape index (κ1) is 6.59. The zero-order chi connectivity index (χ0) is 6.85. The topological polar surface area (TPSA) is 20.3 Å². The van der Waals surface area contributed by atoms with Crippen LogP contribution in [0.2, 0.25) is 0 Å². The largest absolute Gasteiger partial charge is 0.343 e. The number of hydrogen-bond donors (Lipinski definition) is 0. The molecule has 1 fully saturated rings. The summed E-state index contributed by atoms with van der Waals surface area (Å²) in [5.41, 5.74) is 0. The van der Waals surface area contributed by atoms with Crippen LogP contribution in [0.3, 0.4) is 0 Å². The molecule has 1 rings (SSSR count). The first-order chi connectivity index (χ1) is 4.25. The van der Waals surface area contributed by atoms with Gasteiger partial charge in [0.15, 0.2) is 0 Å². The Bertz CT molecular complexity index is 122. The van der Waals surface area contributed by atoms with Gasteiger partial charge in [0.25, 0.3) is 0 Å². The molecule has 0 aromatic carbocycles. The van der Waals surface area contributed by atoms with Crippen LogP contribution in [0.5, 0.6) is 0 Å². The lowest BCUT2D eigenvalue weighted by molar-refractivity contribution is -0.130. The molecule has 0 radical (unpaired) electrons. The van der Waals surface area contributed by atoms with Crippen LogP contribution in [-0.2, 0) is 4.79 Å². The van der Waals surface area contributed by atoms with Gasteiger partial charge in [0, 0.05) is 19.0 Å². The highest BCUT2D eigenvalue weighted by Gasteiger charge is 2.25. The second-order valence-electron chi connectivity index (χ2n) is 2.61. The standard InChI is InChI=1S/C7H13NO/c1-3-8-5-4-6(2)7(8)9/h6H,3-5H2,1-2H3/t6-/m0/s1. The van der Waals surface area contributed by atoms with Crippen LogP contribution in [0.15, 0.2) is 0 Å². The van der Waals surface area contributed by atoms with Gasteiger partial charge in [-0.3, -0.25) is 4.79 Å². The Morgan fingerprint density at radius 2 is 2.44 bits per heavy atom. The summed E-state index contributed by atoms with van der Waals surface area (Å²) in [6.07, 6.45) is 1.05. The highest BCUT2D eigenvalue weighted by Crippen LogP contribution is 2.15. The molecule has 1 heterocycles. The number of amides is 1. The monoisotopic (exact) mass is 127 g/mol. The lowest BCUT2D eigenvalue weighted by Crippen LogP contribution is -2.25. The summed E-state index contributed by atoms with van der Waals surface area (Å²) in [6, 6.07) is 0. The third-order valence-electron chi connectivity index (χ3n) is 1.95. The fraction of sp³-hybridized carbons (Fsp3) is 0.857. The molecule has 0 unspecified atom stereocenters. The van der Waals surface area contributed by atoms with Crippen molar-refractivity contribution < 1.29 is 4.79 Å². The van der Waals surface area contributed by atoms with Gasteiger partial charge in [-0.1, -0.05) is 6.92 Å². The zero-order valence-electron chi connectivity index (χ0n) is 6.05. The minimum Gasteiger partial charge on any atom is -0.343 e. The zero-order valence-corrected chi connectivity index (χ0v) is 6.05. The molecule has 2 nitrogen and oxygen atoms in total. The van der Waals surface area contributed by atoms with E-state index in [0.29, 0.717) is 5.91 Å². The van der Waals surface area contributed by atoms with E-state index in [1.54, 1.807) is 0 Å². The number of rotatable bonds is 1. The molecule has 0 saturated carbocycles. The van der Waals surface area contributed by atoms with E-state index < -0.39 is 0 Å². The van der Waals surface area contributed by atoms with E-state index in [1.165, 1.54) is 0 Å². The van der Waals surface area contributed by atoms with E-state index >= 15 is 0 Å². The normalized spacial score (nSPS) is 27.6. The Hall–Kier alpha value is -0.530. The Kier molecular flexibility index (Phi) is 1.74. The number of likely N-dealkylation sites (tertiary alicyclic amines) is 1. The van der Waals surface area contributed by atoms with Gasteiger partial charge in [0.2, 0.25) is 5.91 Å². The lowest BCUT2D eigenvalue weighted by Gasteiger charge is -2.11. The van der Waals surface area contributed by atoms with Gasteiger partial charge in [-0.25, -0.2) is 0 Å². The van der Waals surface area contributed by atoms with Crippen molar-refractivity contribution in [3.63, 3.8) is 0 Å². The van der Waals surface area contributed by atoms with E-state index in [-0.39, 0.29) is 5.92 Å². The molecule has 0 aromatic heterocycles. The number of carbonyl (C=O) groups is 1. The molecular formula is C7H13NO. The van der Waals surface area contributed by atoms with Crippen molar-refractivity contribution >= 4 is 5.91 Å². The van der Waals surface area contributed by atoms with Crippen LogP contribution >= 0.6 is 0 Å². The minimum atomic E-state index is 0.282.